The molecule has 0 unspecified atom stereocenters. The molecule has 3 aromatic rings. The van der Waals surface area contributed by atoms with E-state index in [4.69, 9.17) is 11.6 Å². The Morgan fingerprint density at radius 3 is 2.58 bits per heavy atom. The highest BCUT2D eigenvalue weighted by Crippen LogP contribution is 2.22. The lowest BCUT2D eigenvalue weighted by atomic mass is 10.2. The fourth-order valence-electron chi connectivity index (χ4n) is 3.10. The van der Waals surface area contributed by atoms with Crippen LogP contribution in [0.25, 0.3) is 5.65 Å². The zero-order valence-electron chi connectivity index (χ0n) is 14.0. The maximum atomic E-state index is 12.9. The third kappa shape index (κ3) is 3.47. The maximum Gasteiger partial charge on any atom is 0.275 e. The standard InChI is InChI=1S/C18H17BrClN5O/c19-15-16(22-25-7-1-6-21-17(15)25)18(26)24-10-8-23(9-11-24)12-13-2-4-14(20)5-3-13/h1-7H,8-12H2. The molecule has 1 aliphatic heterocycles. The van der Waals surface area contributed by atoms with Crippen LogP contribution in [0.5, 0.6) is 0 Å². The van der Waals surface area contributed by atoms with Gasteiger partial charge in [-0.05, 0) is 39.7 Å². The average molecular weight is 435 g/mol. The quantitative estimate of drug-likeness (QED) is 0.636. The van der Waals surface area contributed by atoms with Crippen LogP contribution in [-0.2, 0) is 6.54 Å². The van der Waals surface area contributed by atoms with Crippen molar-refractivity contribution < 1.29 is 4.79 Å². The van der Waals surface area contributed by atoms with E-state index in [1.807, 2.05) is 29.2 Å². The maximum absolute atomic E-state index is 12.9. The fraction of sp³-hybridized carbons (Fsp3) is 0.278. The van der Waals surface area contributed by atoms with Crippen LogP contribution in [0.15, 0.2) is 47.2 Å². The first-order chi connectivity index (χ1) is 12.6. The Kier molecular flexibility index (Phi) is 4.93. The minimum Gasteiger partial charge on any atom is -0.335 e. The summed E-state index contributed by atoms with van der Waals surface area (Å²) in [4.78, 5) is 21.3. The van der Waals surface area contributed by atoms with Crippen LogP contribution < -0.4 is 0 Å². The van der Waals surface area contributed by atoms with Gasteiger partial charge in [-0.3, -0.25) is 9.69 Å². The molecule has 3 heterocycles. The van der Waals surface area contributed by atoms with Crippen LogP contribution in [0.3, 0.4) is 0 Å². The van der Waals surface area contributed by atoms with Crippen molar-refractivity contribution in [3.05, 3.63) is 63.5 Å². The highest BCUT2D eigenvalue weighted by atomic mass is 79.9. The zero-order valence-corrected chi connectivity index (χ0v) is 16.3. The number of carbonyl (C=O) groups is 1. The highest BCUT2D eigenvalue weighted by Gasteiger charge is 2.26. The monoisotopic (exact) mass is 433 g/mol. The number of carbonyl (C=O) groups excluding carboxylic acids is 1. The van der Waals surface area contributed by atoms with Crippen LogP contribution in [0.1, 0.15) is 16.1 Å². The van der Waals surface area contributed by atoms with E-state index in [1.54, 1.807) is 23.0 Å². The summed E-state index contributed by atoms with van der Waals surface area (Å²) in [5.74, 6) is -0.0616. The Balaban J connectivity index is 1.41. The lowest BCUT2D eigenvalue weighted by Gasteiger charge is -2.34. The van der Waals surface area contributed by atoms with Crippen LogP contribution >= 0.6 is 27.5 Å². The number of benzene rings is 1. The second-order valence-electron chi connectivity index (χ2n) is 6.25. The molecule has 6 nitrogen and oxygen atoms in total. The lowest BCUT2D eigenvalue weighted by molar-refractivity contribution is 0.0621. The topological polar surface area (TPSA) is 53.7 Å². The summed E-state index contributed by atoms with van der Waals surface area (Å²) < 4.78 is 2.26. The molecule has 0 N–H and O–H groups in total. The average Bonchev–Trinajstić information content (AvgIpc) is 3.01. The van der Waals surface area contributed by atoms with Crippen molar-refractivity contribution in [2.24, 2.45) is 0 Å². The Morgan fingerprint density at radius 2 is 1.88 bits per heavy atom. The SMILES string of the molecule is O=C(c1nn2cccnc2c1Br)N1CCN(Cc2ccc(Cl)cc2)CC1. The molecule has 26 heavy (non-hydrogen) atoms. The minimum atomic E-state index is -0.0616. The number of nitrogens with zero attached hydrogens (tertiary/aromatic N) is 5. The van der Waals surface area contributed by atoms with Gasteiger partial charge in [0.25, 0.3) is 5.91 Å². The summed E-state index contributed by atoms with van der Waals surface area (Å²) >= 11 is 9.40. The summed E-state index contributed by atoms with van der Waals surface area (Å²) in [7, 11) is 0. The smallest absolute Gasteiger partial charge is 0.275 e. The van der Waals surface area contributed by atoms with Crippen molar-refractivity contribution in [2.45, 2.75) is 6.54 Å². The molecule has 0 aliphatic carbocycles. The predicted octanol–water partition coefficient (Wildman–Crippen LogP) is 3.10. The van der Waals surface area contributed by atoms with Crippen LogP contribution in [0.4, 0.5) is 0 Å². The molecule has 2 aromatic heterocycles. The normalized spacial score (nSPS) is 15.5. The minimum absolute atomic E-state index is 0.0616. The molecule has 0 radical (unpaired) electrons. The van der Waals surface area contributed by atoms with Gasteiger partial charge in [0.1, 0.15) is 0 Å². The third-order valence-electron chi connectivity index (χ3n) is 4.52. The third-order valence-corrected chi connectivity index (χ3v) is 5.50. The van der Waals surface area contributed by atoms with Crippen LogP contribution in [-0.4, -0.2) is 56.5 Å². The number of halogens is 2. The predicted molar refractivity (Wildman–Crippen MR) is 103 cm³/mol. The van der Waals surface area contributed by atoms with Gasteiger partial charge in [0, 0.05) is 50.1 Å². The van der Waals surface area contributed by atoms with E-state index in [9.17, 15) is 4.79 Å². The molecule has 134 valence electrons. The second kappa shape index (κ2) is 7.34. The van der Waals surface area contributed by atoms with Gasteiger partial charge in [-0.1, -0.05) is 23.7 Å². The van der Waals surface area contributed by atoms with Gasteiger partial charge in [0.05, 0.1) is 4.47 Å². The van der Waals surface area contributed by atoms with Crippen LogP contribution in [0.2, 0.25) is 5.02 Å². The number of hydrogen-bond donors (Lipinski definition) is 0. The number of rotatable bonds is 3. The Hall–Kier alpha value is -1.96. The van der Waals surface area contributed by atoms with Gasteiger partial charge in [-0.2, -0.15) is 5.10 Å². The van der Waals surface area contributed by atoms with Crippen molar-refractivity contribution >= 4 is 39.1 Å². The Morgan fingerprint density at radius 1 is 1.15 bits per heavy atom. The van der Waals surface area contributed by atoms with E-state index >= 15 is 0 Å². The van der Waals surface area contributed by atoms with Crippen molar-refractivity contribution in [2.75, 3.05) is 26.2 Å². The van der Waals surface area contributed by atoms with E-state index in [2.05, 4.69) is 30.9 Å². The zero-order chi connectivity index (χ0) is 18.1. The molecule has 8 heteroatoms. The van der Waals surface area contributed by atoms with Gasteiger partial charge in [0.15, 0.2) is 11.3 Å². The molecule has 0 atom stereocenters. The number of hydrogen-bond acceptors (Lipinski definition) is 4. The Bertz CT molecular complexity index is 934. The van der Waals surface area contributed by atoms with E-state index in [0.717, 1.165) is 24.7 Å². The molecular weight excluding hydrogens is 418 g/mol. The summed E-state index contributed by atoms with van der Waals surface area (Å²) in [6.07, 6.45) is 3.47. The van der Waals surface area contributed by atoms with E-state index < -0.39 is 0 Å². The molecule has 1 saturated heterocycles. The molecule has 1 aliphatic rings. The molecule has 0 spiro atoms. The molecule has 4 rings (SSSR count). The molecular formula is C18H17BrClN5O. The molecule has 0 bridgehead atoms. The molecule has 1 fully saturated rings. The van der Waals surface area contributed by atoms with E-state index in [1.165, 1.54) is 5.56 Å². The Labute approximate surface area is 164 Å². The molecule has 1 amide bonds. The number of amides is 1. The van der Waals surface area contributed by atoms with Gasteiger partial charge >= 0.3 is 0 Å². The van der Waals surface area contributed by atoms with Gasteiger partial charge in [-0.25, -0.2) is 9.50 Å². The first-order valence-corrected chi connectivity index (χ1v) is 9.54. The summed E-state index contributed by atoms with van der Waals surface area (Å²) in [5, 5.41) is 5.12. The van der Waals surface area contributed by atoms with Crippen molar-refractivity contribution in [3.8, 4) is 0 Å². The first kappa shape index (κ1) is 17.5. The second-order valence-corrected chi connectivity index (χ2v) is 7.47. The lowest BCUT2D eigenvalue weighted by Crippen LogP contribution is -2.48. The largest absolute Gasteiger partial charge is 0.335 e. The number of aromatic nitrogens is 3. The van der Waals surface area contributed by atoms with Gasteiger partial charge in [-0.15, -0.1) is 0 Å². The van der Waals surface area contributed by atoms with Gasteiger partial charge in [0.2, 0.25) is 0 Å². The number of piperazine rings is 1. The molecule has 0 saturated carbocycles. The summed E-state index contributed by atoms with van der Waals surface area (Å²) in [6, 6.07) is 9.69. The fourth-order valence-corrected chi connectivity index (χ4v) is 3.76. The first-order valence-electron chi connectivity index (χ1n) is 8.37. The summed E-state index contributed by atoms with van der Waals surface area (Å²) in [5.41, 5.74) is 2.29. The van der Waals surface area contributed by atoms with Gasteiger partial charge < -0.3 is 4.90 Å². The van der Waals surface area contributed by atoms with Crippen LogP contribution in [0, 0.1) is 0 Å². The number of fused-ring (bicyclic) bond motifs is 1. The van der Waals surface area contributed by atoms with E-state index in [0.29, 0.717) is 28.9 Å². The summed E-state index contributed by atoms with van der Waals surface area (Å²) in [6.45, 7) is 3.89. The van der Waals surface area contributed by atoms with E-state index in [-0.39, 0.29) is 5.91 Å². The van der Waals surface area contributed by atoms with Crippen molar-refractivity contribution in [1.29, 1.82) is 0 Å². The highest BCUT2D eigenvalue weighted by molar-refractivity contribution is 9.10. The molecule has 1 aromatic carbocycles. The van der Waals surface area contributed by atoms with Crippen molar-refractivity contribution in [1.82, 2.24) is 24.4 Å². The van der Waals surface area contributed by atoms with Crippen molar-refractivity contribution in [3.63, 3.8) is 0 Å².